The van der Waals surface area contributed by atoms with Crippen molar-refractivity contribution < 1.29 is 4.79 Å². The van der Waals surface area contributed by atoms with Crippen LogP contribution < -0.4 is 10.6 Å². The van der Waals surface area contributed by atoms with Gasteiger partial charge in [-0.15, -0.1) is 0 Å². The first-order chi connectivity index (χ1) is 10.8. The number of nitrogens with one attached hydrogen (secondary N) is 2. The number of amides is 2. The molecule has 0 saturated heterocycles. The lowest BCUT2D eigenvalue weighted by Crippen LogP contribution is -2.37. The van der Waals surface area contributed by atoms with Gasteiger partial charge in [0.25, 0.3) is 0 Å². The SMILES string of the molecule is Cc1cc(C)nc(NC(=O)NC[C@@H](c2cnn(C)c2)N(C)C)c1. The van der Waals surface area contributed by atoms with Gasteiger partial charge < -0.3 is 10.2 Å². The molecule has 2 N–H and O–H groups in total. The molecule has 0 spiro atoms. The molecule has 0 aliphatic heterocycles. The van der Waals surface area contributed by atoms with Crippen LogP contribution in [0.2, 0.25) is 0 Å². The van der Waals surface area contributed by atoms with Crippen LogP contribution in [0.15, 0.2) is 24.5 Å². The quantitative estimate of drug-likeness (QED) is 0.883. The Morgan fingerprint density at radius 2 is 2.09 bits per heavy atom. The molecular formula is C16H24N6O. The maximum absolute atomic E-state index is 12.1. The number of aryl methyl sites for hydroxylation is 3. The van der Waals surface area contributed by atoms with E-state index >= 15 is 0 Å². The second-order valence-electron chi connectivity index (χ2n) is 5.93. The number of hydrogen-bond donors (Lipinski definition) is 2. The summed E-state index contributed by atoms with van der Waals surface area (Å²) in [6, 6.07) is 3.60. The zero-order valence-electron chi connectivity index (χ0n) is 14.3. The molecule has 0 saturated carbocycles. The Labute approximate surface area is 136 Å². The maximum Gasteiger partial charge on any atom is 0.320 e. The molecule has 0 fully saturated rings. The molecule has 0 radical (unpaired) electrons. The van der Waals surface area contributed by atoms with Crippen molar-refractivity contribution in [3.05, 3.63) is 41.3 Å². The molecule has 124 valence electrons. The van der Waals surface area contributed by atoms with E-state index < -0.39 is 0 Å². The van der Waals surface area contributed by atoms with Gasteiger partial charge in [-0.3, -0.25) is 10.00 Å². The minimum Gasteiger partial charge on any atom is -0.336 e. The largest absolute Gasteiger partial charge is 0.336 e. The molecule has 2 aromatic rings. The molecule has 2 heterocycles. The van der Waals surface area contributed by atoms with Gasteiger partial charge in [0, 0.05) is 31.0 Å². The van der Waals surface area contributed by atoms with Gasteiger partial charge in [-0.2, -0.15) is 5.10 Å². The molecule has 0 unspecified atom stereocenters. The first kappa shape index (κ1) is 17.0. The van der Waals surface area contributed by atoms with Gasteiger partial charge in [-0.05, 0) is 45.6 Å². The summed E-state index contributed by atoms with van der Waals surface area (Å²) in [6.07, 6.45) is 3.77. The number of aromatic nitrogens is 3. The van der Waals surface area contributed by atoms with E-state index in [4.69, 9.17) is 0 Å². The van der Waals surface area contributed by atoms with Crippen molar-refractivity contribution in [3.8, 4) is 0 Å². The maximum atomic E-state index is 12.1. The number of urea groups is 1. The normalized spacial score (nSPS) is 12.3. The monoisotopic (exact) mass is 316 g/mol. The Kier molecular flexibility index (Phi) is 5.33. The zero-order valence-corrected chi connectivity index (χ0v) is 14.3. The number of hydrogen-bond acceptors (Lipinski definition) is 4. The number of rotatable bonds is 5. The third-order valence-corrected chi connectivity index (χ3v) is 3.53. The third kappa shape index (κ3) is 4.79. The number of anilines is 1. The van der Waals surface area contributed by atoms with Crippen LogP contribution in [0.25, 0.3) is 0 Å². The molecular weight excluding hydrogens is 292 g/mol. The van der Waals surface area contributed by atoms with Gasteiger partial charge in [0.2, 0.25) is 0 Å². The van der Waals surface area contributed by atoms with Crippen molar-refractivity contribution in [2.75, 3.05) is 26.0 Å². The van der Waals surface area contributed by atoms with E-state index in [1.165, 1.54) is 0 Å². The molecule has 2 rings (SSSR count). The molecule has 0 aliphatic carbocycles. The Balaban J connectivity index is 1.96. The summed E-state index contributed by atoms with van der Waals surface area (Å²) in [5, 5.41) is 9.85. The van der Waals surface area contributed by atoms with Gasteiger partial charge >= 0.3 is 6.03 Å². The van der Waals surface area contributed by atoms with E-state index in [9.17, 15) is 4.79 Å². The fourth-order valence-corrected chi connectivity index (χ4v) is 2.47. The molecule has 23 heavy (non-hydrogen) atoms. The number of likely N-dealkylation sites (N-methyl/N-ethyl adjacent to an activating group) is 1. The number of carbonyl (C=O) groups is 1. The summed E-state index contributed by atoms with van der Waals surface area (Å²) in [7, 11) is 5.83. The highest BCUT2D eigenvalue weighted by atomic mass is 16.2. The minimum atomic E-state index is -0.266. The zero-order chi connectivity index (χ0) is 17.0. The molecule has 2 aromatic heterocycles. The van der Waals surface area contributed by atoms with Crippen molar-refractivity contribution in [1.29, 1.82) is 0 Å². The number of pyridine rings is 1. The highest BCUT2D eigenvalue weighted by Crippen LogP contribution is 2.16. The van der Waals surface area contributed by atoms with E-state index in [2.05, 4.69) is 20.7 Å². The van der Waals surface area contributed by atoms with Crippen molar-refractivity contribution in [3.63, 3.8) is 0 Å². The third-order valence-electron chi connectivity index (χ3n) is 3.53. The van der Waals surface area contributed by atoms with Crippen molar-refractivity contribution >= 4 is 11.8 Å². The summed E-state index contributed by atoms with van der Waals surface area (Å²) in [4.78, 5) is 18.4. The standard InChI is InChI=1S/C16H24N6O/c1-11-6-12(2)19-15(7-11)20-16(23)17-9-14(21(3)4)13-8-18-22(5)10-13/h6-8,10,14H,9H2,1-5H3,(H2,17,19,20,23)/t14-/m0/s1. The van der Waals surface area contributed by atoms with Crippen LogP contribution in [0.3, 0.4) is 0 Å². The lowest BCUT2D eigenvalue weighted by atomic mass is 10.1. The van der Waals surface area contributed by atoms with E-state index in [0.29, 0.717) is 12.4 Å². The van der Waals surface area contributed by atoms with Crippen LogP contribution in [0.1, 0.15) is 22.9 Å². The molecule has 0 bridgehead atoms. The predicted molar refractivity (Wildman–Crippen MR) is 90.4 cm³/mol. The van der Waals surface area contributed by atoms with Crippen LogP contribution in [-0.4, -0.2) is 46.3 Å². The minimum absolute atomic E-state index is 0.0571. The Morgan fingerprint density at radius 3 is 2.65 bits per heavy atom. The van der Waals surface area contributed by atoms with E-state index in [1.807, 2.05) is 64.4 Å². The van der Waals surface area contributed by atoms with Gasteiger partial charge in [0.1, 0.15) is 5.82 Å². The summed E-state index contributed by atoms with van der Waals surface area (Å²) < 4.78 is 1.76. The number of carbonyl (C=O) groups excluding carboxylic acids is 1. The van der Waals surface area contributed by atoms with Gasteiger partial charge in [-0.25, -0.2) is 9.78 Å². The second-order valence-corrected chi connectivity index (χ2v) is 5.93. The first-order valence-corrected chi connectivity index (χ1v) is 7.50. The van der Waals surface area contributed by atoms with Crippen LogP contribution in [0.4, 0.5) is 10.6 Å². The first-order valence-electron chi connectivity index (χ1n) is 7.50. The molecule has 2 amide bonds. The van der Waals surface area contributed by atoms with Gasteiger partial charge in [0.15, 0.2) is 0 Å². The smallest absolute Gasteiger partial charge is 0.320 e. The topological polar surface area (TPSA) is 75.1 Å². The molecule has 7 nitrogen and oxygen atoms in total. The Morgan fingerprint density at radius 1 is 1.35 bits per heavy atom. The highest BCUT2D eigenvalue weighted by molar-refractivity contribution is 5.88. The van der Waals surface area contributed by atoms with E-state index in [1.54, 1.807) is 4.68 Å². The average molecular weight is 316 g/mol. The van der Waals surface area contributed by atoms with Crippen LogP contribution in [0, 0.1) is 13.8 Å². The Bertz CT molecular complexity index is 659. The highest BCUT2D eigenvalue weighted by Gasteiger charge is 2.17. The molecule has 7 heteroatoms. The summed E-state index contributed by atoms with van der Waals surface area (Å²) >= 11 is 0. The van der Waals surface area contributed by atoms with Crippen LogP contribution >= 0.6 is 0 Å². The Hall–Kier alpha value is -2.41. The predicted octanol–water partition coefficient (Wildman–Crippen LogP) is 1.86. The number of nitrogens with zero attached hydrogens (tertiary/aromatic N) is 4. The van der Waals surface area contributed by atoms with Gasteiger partial charge in [0.05, 0.1) is 12.2 Å². The molecule has 0 aliphatic rings. The van der Waals surface area contributed by atoms with Crippen molar-refractivity contribution in [1.82, 2.24) is 25.0 Å². The summed E-state index contributed by atoms with van der Waals surface area (Å²) in [5.74, 6) is 0.558. The lowest BCUT2D eigenvalue weighted by Gasteiger charge is -2.23. The van der Waals surface area contributed by atoms with Crippen molar-refractivity contribution in [2.45, 2.75) is 19.9 Å². The average Bonchev–Trinajstić information content (AvgIpc) is 2.83. The lowest BCUT2D eigenvalue weighted by molar-refractivity contribution is 0.243. The van der Waals surface area contributed by atoms with Crippen LogP contribution in [0.5, 0.6) is 0 Å². The second kappa shape index (κ2) is 7.23. The summed E-state index contributed by atoms with van der Waals surface area (Å²) in [6.45, 7) is 4.36. The van der Waals surface area contributed by atoms with E-state index in [-0.39, 0.29) is 12.1 Å². The van der Waals surface area contributed by atoms with Crippen LogP contribution in [-0.2, 0) is 7.05 Å². The molecule has 1 atom stereocenters. The van der Waals surface area contributed by atoms with E-state index in [0.717, 1.165) is 16.8 Å². The fraction of sp³-hybridized carbons (Fsp3) is 0.438. The molecule has 0 aromatic carbocycles. The van der Waals surface area contributed by atoms with Gasteiger partial charge in [-0.1, -0.05) is 0 Å². The van der Waals surface area contributed by atoms with Crippen molar-refractivity contribution in [2.24, 2.45) is 7.05 Å². The summed E-state index contributed by atoms with van der Waals surface area (Å²) in [5.41, 5.74) is 3.00. The fourth-order valence-electron chi connectivity index (χ4n) is 2.47.